The maximum absolute atomic E-state index is 11.1. The average Bonchev–Trinajstić information content (AvgIpc) is 2.99. The van der Waals surface area contributed by atoms with E-state index in [4.69, 9.17) is 5.26 Å². The van der Waals surface area contributed by atoms with Gasteiger partial charge in [0.15, 0.2) is 0 Å². The van der Waals surface area contributed by atoms with Crippen LogP contribution in [-0.2, 0) is 22.5 Å². The minimum Gasteiger partial charge on any atom is -0.468 e. The Kier molecular flexibility index (Phi) is 5.43. The van der Waals surface area contributed by atoms with E-state index in [9.17, 15) is 4.79 Å². The van der Waals surface area contributed by atoms with Crippen LogP contribution < -0.4 is 5.32 Å². The predicted molar refractivity (Wildman–Crippen MR) is 77.8 cm³/mol. The number of rotatable bonds is 7. The van der Waals surface area contributed by atoms with Crippen molar-refractivity contribution in [3.63, 3.8) is 0 Å². The number of nitriles is 1. The molecular weight excluding hydrogens is 284 g/mol. The van der Waals surface area contributed by atoms with Gasteiger partial charge in [-0.25, -0.2) is 9.67 Å². The lowest BCUT2D eigenvalue weighted by atomic mass is 10.2. The molecule has 0 spiro atoms. The highest BCUT2D eigenvalue weighted by Gasteiger charge is 2.06. The van der Waals surface area contributed by atoms with Gasteiger partial charge in [0.2, 0.25) is 0 Å². The van der Waals surface area contributed by atoms with E-state index < -0.39 is 0 Å². The largest absolute Gasteiger partial charge is 0.468 e. The van der Waals surface area contributed by atoms with Crippen molar-refractivity contribution in [1.29, 1.82) is 5.26 Å². The number of esters is 1. The number of ether oxygens (including phenoxy) is 1. The number of anilines is 1. The summed E-state index contributed by atoms with van der Waals surface area (Å²) in [6.07, 6.45) is 4.88. The highest BCUT2D eigenvalue weighted by molar-refractivity contribution is 5.68. The van der Waals surface area contributed by atoms with Crippen molar-refractivity contribution in [2.75, 3.05) is 19.0 Å². The van der Waals surface area contributed by atoms with Crippen LogP contribution in [0, 0.1) is 11.3 Å². The van der Waals surface area contributed by atoms with Crippen molar-refractivity contribution >= 4 is 11.8 Å². The maximum Gasteiger partial charge on any atom is 0.327 e. The van der Waals surface area contributed by atoms with E-state index in [0.717, 1.165) is 12.1 Å². The molecule has 0 amide bonds. The summed E-state index contributed by atoms with van der Waals surface area (Å²) in [7, 11) is 1.33. The van der Waals surface area contributed by atoms with Crippen LogP contribution in [0.5, 0.6) is 0 Å². The number of methoxy groups -OCH3 is 1. The quantitative estimate of drug-likeness (QED) is 0.594. The third-order valence-electron chi connectivity index (χ3n) is 2.94. The van der Waals surface area contributed by atoms with Crippen LogP contribution in [0.1, 0.15) is 17.7 Å². The van der Waals surface area contributed by atoms with E-state index in [0.29, 0.717) is 24.3 Å². The molecule has 0 aliphatic rings. The molecule has 2 heterocycles. The Morgan fingerprint density at radius 3 is 3.18 bits per heavy atom. The molecule has 0 fully saturated rings. The number of hydrogen-bond acceptors (Lipinski definition) is 7. The van der Waals surface area contributed by atoms with E-state index in [1.54, 1.807) is 24.5 Å². The molecule has 0 aromatic carbocycles. The topological polar surface area (TPSA) is 106 Å². The molecule has 0 aliphatic carbocycles. The van der Waals surface area contributed by atoms with E-state index in [1.807, 2.05) is 0 Å². The van der Waals surface area contributed by atoms with Gasteiger partial charge in [0.1, 0.15) is 18.4 Å². The lowest BCUT2D eigenvalue weighted by Crippen LogP contribution is -2.11. The van der Waals surface area contributed by atoms with Gasteiger partial charge in [-0.2, -0.15) is 5.26 Å². The molecule has 0 unspecified atom stereocenters. The van der Waals surface area contributed by atoms with Gasteiger partial charge in [-0.1, -0.05) is 5.21 Å². The zero-order valence-electron chi connectivity index (χ0n) is 12.2. The summed E-state index contributed by atoms with van der Waals surface area (Å²) in [5.74, 6) is 0.219. The Labute approximate surface area is 127 Å². The van der Waals surface area contributed by atoms with E-state index in [1.165, 1.54) is 11.8 Å². The Hall–Kier alpha value is -2.95. The number of pyridine rings is 1. The Balaban J connectivity index is 1.77. The monoisotopic (exact) mass is 300 g/mol. The molecule has 0 saturated carbocycles. The van der Waals surface area contributed by atoms with Crippen molar-refractivity contribution in [2.24, 2.45) is 0 Å². The molecule has 114 valence electrons. The first-order valence-electron chi connectivity index (χ1n) is 6.77. The van der Waals surface area contributed by atoms with Gasteiger partial charge in [-0.05, 0) is 25.0 Å². The lowest BCUT2D eigenvalue weighted by Gasteiger charge is -2.05. The Morgan fingerprint density at radius 1 is 1.55 bits per heavy atom. The van der Waals surface area contributed by atoms with Crippen LogP contribution in [0.3, 0.4) is 0 Å². The number of carbonyl (C=O) groups excluding carboxylic acids is 1. The van der Waals surface area contributed by atoms with Gasteiger partial charge in [-0.3, -0.25) is 4.79 Å². The molecule has 8 nitrogen and oxygen atoms in total. The molecule has 0 atom stereocenters. The molecule has 0 radical (unpaired) electrons. The van der Waals surface area contributed by atoms with Crippen LogP contribution in [0.15, 0.2) is 24.5 Å². The predicted octanol–water partition coefficient (Wildman–Crippen LogP) is 0.762. The summed E-state index contributed by atoms with van der Waals surface area (Å²) in [5, 5.41) is 19.9. The van der Waals surface area contributed by atoms with Crippen molar-refractivity contribution in [2.45, 2.75) is 19.4 Å². The van der Waals surface area contributed by atoms with Crippen LogP contribution in [-0.4, -0.2) is 39.6 Å². The van der Waals surface area contributed by atoms with Crippen molar-refractivity contribution in [3.8, 4) is 6.07 Å². The van der Waals surface area contributed by atoms with E-state index in [2.05, 4.69) is 31.4 Å². The third-order valence-corrected chi connectivity index (χ3v) is 2.94. The zero-order valence-corrected chi connectivity index (χ0v) is 12.2. The SMILES string of the molecule is COC(=O)Cn1cc(CCCNc2ncccc2C#N)nn1. The standard InChI is InChI=1S/C14H16N6O2/c1-22-13(21)10-20-9-12(18-19-20)5-3-7-17-14-11(8-15)4-2-6-16-14/h2,4,6,9H,3,5,7,10H2,1H3,(H,16,17). The average molecular weight is 300 g/mol. The smallest absolute Gasteiger partial charge is 0.327 e. The van der Waals surface area contributed by atoms with Gasteiger partial charge in [0.05, 0.1) is 18.4 Å². The first kappa shape index (κ1) is 15.4. The molecule has 8 heteroatoms. The minimum absolute atomic E-state index is 0.0568. The Morgan fingerprint density at radius 2 is 2.41 bits per heavy atom. The molecule has 2 aromatic rings. The van der Waals surface area contributed by atoms with Crippen LogP contribution in [0.25, 0.3) is 0 Å². The molecule has 2 rings (SSSR count). The second-order valence-corrected chi connectivity index (χ2v) is 4.53. The van der Waals surface area contributed by atoms with Gasteiger partial charge >= 0.3 is 5.97 Å². The summed E-state index contributed by atoms with van der Waals surface area (Å²) >= 11 is 0. The third kappa shape index (κ3) is 4.28. The van der Waals surface area contributed by atoms with Gasteiger partial charge in [-0.15, -0.1) is 5.10 Å². The zero-order chi connectivity index (χ0) is 15.8. The number of nitrogens with one attached hydrogen (secondary N) is 1. The number of hydrogen-bond donors (Lipinski definition) is 1. The summed E-state index contributed by atoms with van der Waals surface area (Å²) in [4.78, 5) is 15.2. The first-order valence-corrected chi connectivity index (χ1v) is 6.77. The summed E-state index contributed by atoms with van der Waals surface area (Å²) in [5.41, 5.74) is 1.32. The molecule has 2 aromatic heterocycles. The molecule has 22 heavy (non-hydrogen) atoms. The summed E-state index contributed by atoms with van der Waals surface area (Å²) < 4.78 is 6.01. The fraction of sp³-hybridized carbons (Fsp3) is 0.357. The lowest BCUT2D eigenvalue weighted by molar-refractivity contribution is -0.141. The Bertz CT molecular complexity index is 676. The highest BCUT2D eigenvalue weighted by Crippen LogP contribution is 2.09. The number of carbonyl (C=O) groups is 1. The van der Waals surface area contributed by atoms with Crippen LogP contribution in [0.4, 0.5) is 5.82 Å². The van der Waals surface area contributed by atoms with Gasteiger partial charge < -0.3 is 10.1 Å². The summed E-state index contributed by atoms with van der Waals surface area (Å²) in [6, 6.07) is 5.53. The summed E-state index contributed by atoms with van der Waals surface area (Å²) in [6.45, 7) is 0.719. The maximum atomic E-state index is 11.1. The van der Waals surface area contributed by atoms with E-state index in [-0.39, 0.29) is 12.5 Å². The second-order valence-electron chi connectivity index (χ2n) is 4.53. The second kappa shape index (κ2) is 7.73. The fourth-order valence-corrected chi connectivity index (χ4v) is 1.84. The molecule has 0 aliphatic heterocycles. The van der Waals surface area contributed by atoms with E-state index >= 15 is 0 Å². The van der Waals surface area contributed by atoms with Crippen LogP contribution in [0.2, 0.25) is 0 Å². The molecular formula is C14H16N6O2. The first-order chi connectivity index (χ1) is 10.7. The molecule has 1 N–H and O–H groups in total. The van der Waals surface area contributed by atoms with Crippen molar-refractivity contribution in [1.82, 2.24) is 20.0 Å². The van der Waals surface area contributed by atoms with Crippen molar-refractivity contribution < 1.29 is 9.53 Å². The van der Waals surface area contributed by atoms with Crippen LogP contribution >= 0.6 is 0 Å². The molecule has 0 saturated heterocycles. The number of nitrogens with zero attached hydrogens (tertiary/aromatic N) is 5. The molecule has 0 bridgehead atoms. The van der Waals surface area contributed by atoms with Gasteiger partial charge in [0.25, 0.3) is 0 Å². The number of aromatic nitrogens is 4. The fourth-order valence-electron chi connectivity index (χ4n) is 1.84. The minimum atomic E-state index is -0.364. The number of aryl methyl sites for hydroxylation is 1. The van der Waals surface area contributed by atoms with Crippen molar-refractivity contribution in [3.05, 3.63) is 35.8 Å². The highest BCUT2D eigenvalue weighted by atomic mass is 16.5. The van der Waals surface area contributed by atoms with Gasteiger partial charge in [0, 0.05) is 18.9 Å². The normalized spacial score (nSPS) is 10.0.